The third-order valence-electron chi connectivity index (χ3n) is 2.55. The molecule has 1 N–H and O–H groups in total. The van der Waals surface area contributed by atoms with Crippen molar-refractivity contribution in [1.29, 1.82) is 0 Å². The molecule has 0 saturated carbocycles. The number of nitrogens with zero attached hydrogens (tertiary/aromatic N) is 1. The molecule has 0 spiro atoms. The zero-order chi connectivity index (χ0) is 15.2. The Morgan fingerprint density at radius 2 is 1.90 bits per heavy atom. The minimum atomic E-state index is -2.88. The van der Waals surface area contributed by atoms with Crippen molar-refractivity contribution >= 4 is 5.91 Å². The molecular formula is C14H11F3N2O2. The smallest absolute Gasteiger partial charge is 0.387 e. The van der Waals surface area contributed by atoms with Crippen LogP contribution in [0, 0.1) is 5.95 Å². The van der Waals surface area contributed by atoms with Crippen molar-refractivity contribution in [2.75, 3.05) is 0 Å². The molecule has 0 radical (unpaired) electrons. The number of rotatable bonds is 5. The van der Waals surface area contributed by atoms with Gasteiger partial charge in [-0.15, -0.1) is 0 Å². The number of alkyl halides is 2. The number of hydrogen-bond donors (Lipinski definition) is 1. The van der Waals surface area contributed by atoms with Crippen molar-refractivity contribution in [2.24, 2.45) is 0 Å². The van der Waals surface area contributed by atoms with Crippen LogP contribution in [0.3, 0.4) is 0 Å². The standard InChI is InChI=1S/C14H11F3N2O2/c15-12-3-1-2-11(19-12)13(20)18-8-9-4-6-10(7-5-9)21-14(16)17/h1-7,14H,8H2,(H,18,20). The van der Waals surface area contributed by atoms with E-state index >= 15 is 0 Å². The van der Waals surface area contributed by atoms with E-state index in [-0.39, 0.29) is 18.0 Å². The lowest BCUT2D eigenvalue weighted by molar-refractivity contribution is -0.0498. The summed E-state index contributed by atoms with van der Waals surface area (Å²) in [6.07, 6.45) is 0. The zero-order valence-corrected chi connectivity index (χ0v) is 10.7. The molecule has 21 heavy (non-hydrogen) atoms. The van der Waals surface area contributed by atoms with E-state index in [1.807, 2.05) is 0 Å². The van der Waals surface area contributed by atoms with E-state index in [9.17, 15) is 18.0 Å². The maximum Gasteiger partial charge on any atom is 0.387 e. The Kier molecular flexibility index (Phi) is 4.76. The predicted molar refractivity (Wildman–Crippen MR) is 68.4 cm³/mol. The van der Waals surface area contributed by atoms with Crippen LogP contribution in [0.4, 0.5) is 13.2 Å². The molecule has 7 heteroatoms. The zero-order valence-electron chi connectivity index (χ0n) is 10.7. The molecule has 110 valence electrons. The van der Waals surface area contributed by atoms with Crippen LogP contribution in [0.15, 0.2) is 42.5 Å². The second kappa shape index (κ2) is 6.74. The molecular weight excluding hydrogens is 285 g/mol. The van der Waals surface area contributed by atoms with Gasteiger partial charge < -0.3 is 10.1 Å². The Labute approximate surface area is 118 Å². The lowest BCUT2D eigenvalue weighted by Gasteiger charge is -2.07. The first-order chi connectivity index (χ1) is 10.0. The molecule has 0 unspecified atom stereocenters. The van der Waals surface area contributed by atoms with E-state index in [1.165, 1.54) is 36.4 Å². The summed E-state index contributed by atoms with van der Waals surface area (Å²) in [5, 5.41) is 2.55. The van der Waals surface area contributed by atoms with E-state index in [0.717, 1.165) is 6.07 Å². The van der Waals surface area contributed by atoms with E-state index in [0.29, 0.717) is 5.56 Å². The van der Waals surface area contributed by atoms with Crippen molar-refractivity contribution in [3.8, 4) is 5.75 Å². The fraction of sp³-hybridized carbons (Fsp3) is 0.143. The molecule has 1 aromatic heterocycles. The lowest BCUT2D eigenvalue weighted by Crippen LogP contribution is -2.24. The van der Waals surface area contributed by atoms with Gasteiger partial charge in [-0.1, -0.05) is 18.2 Å². The summed E-state index contributed by atoms with van der Waals surface area (Å²) < 4.78 is 41.0. The molecule has 0 saturated heterocycles. The van der Waals surface area contributed by atoms with Gasteiger partial charge in [0.05, 0.1) is 0 Å². The van der Waals surface area contributed by atoms with Gasteiger partial charge in [-0.2, -0.15) is 13.2 Å². The van der Waals surface area contributed by atoms with Crippen LogP contribution in [-0.4, -0.2) is 17.5 Å². The van der Waals surface area contributed by atoms with Gasteiger partial charge in [-0.25, -0.2) is 4.98 Å². The molecule has 0 aliphatic heterocycles. The van der Waals surface area contributed by atoms with Crippen molar-refractivity contribution in [2.45, 2.75) is 13.2 Å². The minimum Gasteiger partial charge on any atom is -0.435 e. The molecule has 4 nitrogen and oxygen atoms in total. The van der Waals surface area contributed by atoms with E-state index in [1.54, 1.807) is 0 Å². The van der Waals surface area contributed by atoms with E-state index in [2.05, 4.69) is 15.0 Å². The number of halogens is 3. The van der Waals surface area contributed by atoms with E-state index in [4.69, 9.17) is 0 Å². The second-order valence-electron chi connectivity index (χ2n) is 4.05. The molecule has 0 aliphatic rings. The first-order valence-electron chi connectivity index (χ1n) is 5.99. The van der Waals surface area contributed by atoms with Crippen molar-refractivity contribution in [3.05, 3.63) is 59.7 Å². The molecule has 0 bridgehead atoms. The van der Waals surface area contributed by atoms with Crippen LogP contribution in [0.5, 0.6) is 5.75 Å². The van der Waals surface area contributed by atoms with Crippen molar-refractivity contribution < 1.29 is 22.7 Å². The van der Waals surface area contributed by atoms with Crippen LogP contribution in [0.2, 0.25) is 0 Å². The normalized spacial score (nSPS) is 10.5. The monoisotopic (exact) mass is 296 g/mol. The van der Waals surface area contributed by atoms with Crippen molar-refractivity contribution in [1.82, 2.24) is 10.3 Å². The quantitative estimate of drug-likeness (QED) is 0.863. The van der Waals surface area contributed by atoms with Gasteiger partial charge in [-0.05, 0) is 29.8 Å². The second-order valence-corrected chi connectivity index (χ2v) is 4.05. The highest BCUT2D eigenvalue weighted by molar-refractivity contribution is 5.92. The lowest BCUT2D eigenvalue weighted by atomic mass is 10.2. The molecule has 1 aromatic carbocycles. The largest absolute Gasteiger partial charge is 0.435 e. The number of pyridine rings is 1. The highest BCUT2D eigenvalue weighted by Crippen LogP contribution is 2.14. The number of carbonyl (C=O) groups excluding carboxylic acids is 1. The van der Waals surface area contributed by atoms with E-state index < -0.39 is 18.5 Å². The summed E-state index contributed by atoms with van der Waals surface area (Å²) in [4.78, 5) is 15.2. The number of amides is 1. The summed E-state index contributed by atoms with van der Waals surface area (Å²) in [5.41, 5.74) is 0.647. The Morgan fingerprint density at radius 1 is 1.19 bits per heavy atom. The molecule has 0 fully saturated rings. The first-order valence-corrected chi connectivity index (χ1v) is 5.99. The van der Waals surface area contributed by atoms with Gasteiger partial charge in [0.1, 0.15) is 11.4 Å². The molecule has 1 heterocycles. The predicted octanol–water partition coefficient (Wildman–Crippen LogP) is 2.75. The third-order valence-corrected chi connectivity index (χ3v) is 2.55. The summed E-state index contributed by atoms with van der Waals surface area (Å²) in [7, 11) is 0. The Hall–Kier alpha value is -2.57. The number of carbonyl (C=O) groups is 1. The molecule has 1 amide bonds. The molecule has 2 aromatic rings. The van der Waals surface area contributed by atoms with Gasteiger partial charge in [0, 0.05) is 6.54 Å². The first kappa shape index (κ1) is 14.8. The average Bonchev–Trinajstić information content (AvgIpc) is 2.45. The SMILES string of the molecule is O=C(NCc1ccc(OC(F)F)cc1)c1cccc(F)n1. The van der Waals surface area contributed by atoms with Crippen LogP contribution in [0.1, 0.15) is 16.1 Å². The summed E-state index contributed by atoms with van der Waals surface area (Å²) >= 11 is 0. The highest BCUT2D eigenvalue weighted by Gasteiger charge is 2.08. The molecule has 2 rings (SSSR count). The maximum absolute atomic E-state index is 12.9. The van der Waals surface area contributed by atoms with Gasteiger partial charge in [0.2, 0.25) is 5.95 Å². The van der Waals surface area contributed by atoms with Crippen LogP contribution < -0.4 is 10.1 Å². The van der Waals surface area contributed by atoms with Crippen LogP contribution in [0.25, 0.3) is 0 Å². The van der Waals surface area contributed by atoms with Crippen LogP contribution >= 0.6 is 0 Å². The van der Waals surface area contributed by atoms with Gasteiger partial charge in [0.15, 0.2) is 0 Å². The summed E-state index contributed by atoms with van der Waals surface area (Å²) in [5.74, 6) is -1.23. The summed E-state index contributed by atoms with van der Waals surface area (Å²) in [6.45, 7) is -2.72. The van der Waals surface area contributed by atoms with Gasteiger partial charge in [-0.3, -0.25) is 4.79 Å². The fourth-order valence-corrected chi connectivity index (χ4v) is 1.60. The minimum absolute atomic E-state index is 0.0341. The van der Waals surface area contributed by atoms with Crippen LogP contribution in [-0.2, 0) is 6.54 Å². The molecule has 0 atom stereocenters. The highest BCUT2D eigenvalue weighted by atomic mass is 19.3. The Balaban J connectivity index is 1.92. The summed E-state index contributed by atoms with van der Waals surface area (Å²) in [6, 6.07) is 9.72. The topological polar surface area (TPSA) is 51.2 Å². The number of nitrogens with one attached hydrogen (secondary N) is 1. The van der Waals surface area contributed by atoms with Crippen molar-refractivity contribution in [3.63, 3.8) is 0 Å². The van der Waals surface area contributed by atoms with Gasteiger partial charge in [0.25, 0.3) is 5.91 Å². The van der Waals surface area contributed by atoms with Gasteiger partial charge >= 0.3 is 6.61 Å². The average molecular weight is 296 g/mol. The number of benzene rings is 1. The number of hydrogen-bond acceptors (Lipinski definition) is 3. The Morgan fingerprint density at radius 3 is 2.52 bits per heavy atom. The number of ether oxygens (including phenoxy) is 1. The third kappa shape index (κ3) is 4.48. The maximum atomic E-state index is 12.9. The number of aromatic nitrogens is 1. The Bertz CT molecular complexity index is 618. The molecule has 0 aliphatic carbocycles. The fourth-order valence-electron chi connectivity index (χ4n) is 1.60.